The molecule has 0 bridgehead atoms. The molecule has 1 fully saturated rings. The molecule has 0 spiro atoms. The van der Waals surface area contributed by atoms with Crippen LogP contribution in [0.15, 0.2) is 18.0 Å². The Labute approximate surface area is 192 Å². The molecule has 180 valence electrons. The van der Waals surface area contributed by atoms with Gasteiger partial charge in [0.15, 0.2) is 0 Å². The summed E-state index contributed by atoms with van der Waals surface area (Å²) in [5, 5.41) is 38.0. The number of ether oxygens (including phenoxy) is 2. The van der Waals surface area contributed by atoms with Gasteiger partial charge in [0, 0.05) is 24.8 Å². The van der Waals surface area contributed by atoms with Gasteiger partial charge in [0.2, 0.25) is 6.35 Å². The molecule has 0 radical (unpaired) electrons. The Balaban J connectivity index is 1.54. The standard InChI is InChI=1S/C20H33N5O6S/c1-3-5-30-7-8-31-6-4-23-11-15(21-22-23)12-25-19(28)14(2)10-24(20(25)29)18-9-16(27)17(13-26)32-18/h10-11,16-18,20,26-27,29H,3-9,12-13H2,1-2H3. The van der Waals surface area contributed by atoms with Gasteiger partial charge in [0.25, 0.3) is 5.91 Å². The van der Waals surface area contributed by atoms with Gasteiger partial charge in [-0.25, -0.2) is 4.68 Å². The van der Waals surface area contributed by atoms with E-state index >= 15 is 0 Å². The second-order valence-electron chi connectivity index (χ2n) is 7.85. The Hall–Kier alpha value is -1.70. The number of thioether (sulfide) groups is 1. The number of hydrogen-bond acceptors (Lipinski definition) is 10. The summed E-state index contributed by atoms with van der Waals surface area (Å²) in [4.78, 5) is 15.7. The van der Waals surface area contributed by atoms with E-state index < -0.39 is 12.5 Å². The molecule has 12 heteroatoms. The van der Waals surface area contributed by atoms with E-state index in [2.05, 4.69) is 17.2 Å². The Bertz CT molecular complexity index is 777. The third kappa shape index (κ3) is 6.21. The van der Waals surface area contributed by atoms with E-state index in [1.54, 1.807) is 28.9 Å². The summed E-state index contributed by atoms with van der Waals surface area (Å²) < 4.78 is 12.5. The predicted octanol–water partition coefficient (Wildman–Crippen LogP) is -0.270. The number of nitrogens with zero attached hydrogens (tertiary/aromatic N) is 5. The van der Waals surface area contributed by atoms with Crippen molar-refractivity contribution in [3.05, 3.63) is 23.7 Å². The van der Waals surface area contributed by atoms with Gasteiger partial charge in [-0.3, -0.25) is 9.69 Å². The average molecular weight is 472 g/mol. The minimum atomic E-state index is -1.20. The van der Waals surface area contributed by atoms with Crippen LogP contribution in [0.2, 0.25) is 0 Å². The van der Waals surface area contributed by atoms with Crippen LogP contribution in [0.1, 0.15) is 32.4 Å². The minimum absolute atomic E-state index is 0.0940. The lowest BCUT2D eigenvalue weighted by atomic mass is 10.1. The number of rotatable bonds is 12. The lowest BCUT2D eigenvalue weighted by molar-refractivity contribution is -0.157. The van der Waals surface area contributed by atoms with Crippen LogP contribution >= 0.6 is 11.8 Å². The maximum absolute atomic E-state index is 12.7. The highest BCUT2D eigenvalue weighted by molar-refractivity contribution is 8.00. The predicted molar refractivity (Wildman–Crippen MR) is 117 cm³/mol. The highest BCUT2D eigenvalue weighted by Crippen LogP contribution is 2.38. The molecule has 32 heavy (non-hydrogen) atoms. The van der Waals surface area contributed by atoms with Crippen molar-refractivity contribution in [3.63, 3.8) is 0 Å². The smallest absolute Gasteiger partial charge is 0.254 e. The second-order valence-corrected chi connectivity index (χ2v) is 9.27. The monoisotopic (exact) mass is 471 g/mol. The Morgan fingerprint density at radius 1 is 1.22 bits per heavy atom. The van der Waals surface area contributed by atoms with Crippen LogP contribution in [0.5, 0.6) is 0 Å². The third-order valence-corrected chi connectivity index (χ3v) is 6.87. The van der Waals surface area contributed by atoms with Gasteiger partial charge in [-0.15, -0.1) is 16.9 Å². The summed E-state index contributed by atoms with van der Waals surface area (Å²) >= 11 is 1.39. The zero-order chi connectivity index (χ0) is 23.1. The molecule has 4 unspecified atom stereocenters. The summed E-state index contributed by atoms with van der Waals surface area (Å²) in [5.74, 6) is -0.291. The van der Waals surface area contributed by atoms with Gasteiger partial charge in [0.1, 0.15) is 5.69 Å². The van der Waals surface area contributed by atoms with Crippen LogP contribution in [-0.4, -0.2) is 102 Å². The second kappa shape index (κ2) is 12.0. The first-order valence-corrected chi connectivity index (χ1v) is 11.8. The van der Waals surface area contributed by atoms with Crippen molar-refractivity contribution < 1.29 is 29.6 Å². The first-order valence-electron chi connectivity index (χ1n) is 10.9. The Morgan fingerprint density at radius 3 is 2.66 bits per heavy atom. The van der Waals surface area contributed by atoms with Crippen molar-refractivity contribution in [1.82, 2.24) is 24.8 Å². The van der Waals surface area contributed by atoms with Gasteiger partial charge >= 0.3 is 0 Å². The highest BCUT2D eigenvalue weighted by atomic mass is 32.2. The highest BCUT2D eigenvalue weighted by Gasteiger charge is 2.42. The number of aromatic nitrogens is 3. The number of amides is 1. The maximum atomic E-state index is 12.7. The quantitative estimate of drug-likeness (QED) is 0.350. The van der Waals surface area contributed by atoms with Gasteiger partial charge in [-0.2, -0.15) is 0 Å². The SMILES string of the molecule is CCCOCCOCCn1cc(CN2C(=O)C(C)=CN(C3CC(O)C(CO)S3)C2O)nn1. The molecule has 0 aromatic carbocycles. The molecule has 1 aromatic heterocycles. The largest absolute Gasteiger partial charge is 0.395 e. The summed E-state index contributed by atoms with van der Waals surface area (Å²) in [6, 6.07) is 0. The molecule has 0 aliphatic carbocycles. The summed E-state index contributed by atoms with van der Waals surface area (Å²) in [6.45, 7) is 6.48. The molecule has 3 N–H and O–H groups in total. The van der Waals surface area contributed by atoms with Crippen molar-refractivity contribution in [2.24, 2.45) is 0 Å². The topological polar surface area (TPSA) is 133 Å². The van der Waals surface area contributed by atoms with Crippen LogP contribution in [-0.2, 0) is 27.4 Å². The lowest BCUT2D eigenvalue weighted by Crippen LogP contribution is -2.54. The molecule has 2 aliphatic rings. The normalized spacial score (nSPS) is 26.2. The van der Waals surface area contributed by atoms with E-state index in [0.717, 1.165) is 13.0 Å². The Morgan fingerprint density at radius 2 is 1.97 bits per heavy atom. The van der Waals surface area contributed by atoms with Gasteiger partial charge in [-0.05, 0) is 13.3 Å². The molecule has 3 rings (SSSR count). The third-order valence-electron chi connectivity index (χ3n) is 5.31. The molecule has 0 saturated carbocycles. The van der Waals surface area contributed by atoms with E-state index in [4.69, 9.17) is 9.47 Å². The number of carbonyl (C=O) groups is 1. The van der Waals surface area contributed by atoms with Crippen molar-refractivity contribution >= 4 is 17.7 Å². The average Bonchev–Trinajstić information content (AvgIpc) is 3.39. The van der Waals surface area contributed by atoms with E-state index in [-0.39, 0.29) is 29.7 Å². The zero-order valence-corrected chi connectivity index (χ0v) is 19.4. The summed E-state index contributed by atoms with van der Waals surface area (Å²) in [6.07, 6.45) is 2.84. The van der Waals surface area contributed by atoms with Gasteiger partial charge in [0.05, 0.1) is 62.4 Å². The first kappa shape index (κ1) is 24.9. The molecular weight excluding hydrogens is 438 g/mol. The molecule has 4 atom stereocenters. The van der Waals surface area contributed by atoms with Crippen LogP contribution in [0.25, 0.3) is 0 Å². The zero-order valence-electron chi connectivity index (χ0n) is 18.5. The number of aliphatic hydroxyl groups is 3. The molecule has 1 aromatic rings. The van der Waals surface area contributed by atoms with Crippen molar-refractivity contribution in [2.75, 3.05) is 33.0 Å². The van der Waals surface area contributed by atoms with Crippen molar-refractivity contribution in [3.8, 4) is 0 Å². The van der Waals surface area contributed by atoms with Crippen LogP contribution in [0, 0.1) is 0 Å². The molecule has 1 amide bonds. The fraction of sp³-hybridized carbons (Fsp3) is 0.750. The van der Waals surface area contributed by atoms with E-state index in [0.29, 0.717) is 44.1 Å². The minimum Gasteiger partial charge on any atom is -0.395 e. The summed E-state index contributed by atoms with van der Waals surface area (Å²) in [5.41, 5.74) is 1.02. The number of aliphatic hydroxyl groups excluding tert-OH is 3. The fourth-order valence-electron chi connectivity index (χ4n) is 3.61. The van der Waals surface area contributed by atoms with Crippen LogP contribution in [0.4, 0.5) is 0 Å². The lowest BCUT2D eigenvalue weighted by Gasteiger charge is -2.41. The van der Waals surface area contributed by atoms with Gasteiger partial charge < -0.3 is 29.7 Å². The van der Waals surface area contributed by atoms with Crippen LogP contribution in [0.3, 0.4) is 0 Å². The first-order chi connectivity index (χ1) is 15.4. The molecular formula is C20H33N5O6S. The molecule has 2 aliphatic heterocycles. The molecule has 11 nitrogen and oxygen atoms in total. The van der Waals surface area contributed by atoms with Gasteiger partial charge in [-0.1, -0.05) is 12.1 Å². The van der Waals surface area contributed by atoms with E-state index in [1.165, 1.54) is 16.7 Å². The Kier molecular flexibility index (Phi) is 9.32. The van der Waals surface area contributed by atoms with Crippen molar-refractivity contribution in [2.45, 2.75) is 62.9 Å². The number of hydrogen-bond donors (Lipinski definition) is 3. The summed E-state index contributed by atoms with van der Waals surface area (Å²) in [7, 11) is 0. The number of carbonyl (C=O) groups excluding carboxylic acids is 1. The van der Waals surface area contributed by atoms with Crippen LogP contribution < -0.4 is 0 Å². The van der Waals surface area contributed by atoms with Crippen molar-refractivity contribution in [1.29, 1.82) is 0 Å². The maximum Gasteiger partial charge on any atom is 0.254 e. The molecule has 3 heterocycles. The van der Waals surface area contributed by atoms with E-state index in [1.807, 2.05) is 0 Å². The van der Waals surface area contributed by atoms with E-state index in [9.17, 15) is 20.1 Å². The fourth-order valence-corrected chi connectivity index (χ4v) is 5.01. The molecule has 1 saturated heterocycles.